The molecule has 9 nitrogen and oxygen atoms in total. The summed E-state index contributed by atoms with van der Waals surface area (Å²) in [5.74, 6) is -3.35. The van der Waals surface area contributed by atoms with Crippen LogP contribution in [0, 0.1) is 11.7 Å². The Morgan fingerprint density at radius 1 is 1.02 bits per heavy atom. The molecule has 6 rings (SSSR count). The smallest absolute Gasteiger partial charge is 0.489 e. The van der Waals surface area contributed by atoms with Crippen LogP contribution in [-0.2, 0) is 22.7 Å². The van der Waals surface area contributed by atoms with E-state index in [0.717, 1.165) is 23.8 Å². The largest absolute Gasteiger partial charge is 0.573 e. The zero-order valence-electron chi connectivity index (χ0n) is 23.3. The van der Waals surface area contributed by atoms with Gasteiger partial charge < -0.3 is 19.7 Å². The molecule has 4 aromatic rings. The van der Waals surface area contributed by atoms with E-state index in [2.05, 4.69) is 15.2 Å². The number of nitrogens with zero attached hydrogens (tertiary/aromatic N) is 3. The van der Waals surface area contributed by atoms with Crippen molar-refractivity contribution in [2.75, 3.05) is 5.32 Å². The molecule has 0 bridgehead atoms. The number of ether oxygens (including phenoxy) is 2. The first-order valence-electron chi connectivity index (χ1n) is 13.8. The fourth-order valence-corrected chi connectivity index (χ4v) is 5.66. The Morgan fingerprint density at radius 3 is 2.52 bits per heavy atom. The minimum absolute atomic E-state index is 0.0749. The topological polar surface area (TPSA) is 103 Å². The normalized spacial score (nSPS) is 19.0. The highest BCUT2D eigenvalue weighted by molar-refractivity contribution is 6.05. The zero-order chi connectivity index (χ0) is 31.2. The number of aromatic nitrogens is 2. The number of halogens is 4. The number of alkyl halides is 3. The number of rotatable bonds is 9. The summed E-state index contributed by atoms with van der Waals surface area (Å²) in [4.78, 5) is 40.7. The Morgan fingerprint density at radius 2 is 1.80 bits per heavy atom. The molecular formula is C31H26F4N4O5. The van der Waals surface area contributed by atoms with Crippen LogP contribution in [0.25, 0.3) is 10.9 Å². The summed E-state index contributed by atoms with van der Waals surface area (Å²) in [5, 5.41) is 7.21. The van der Waals surface area contributed by atoms with Gasteiger partial charge in [-0.05, 0) is 54.7 Å². The van der Waals surface area contributed by atoms with Crippen LogP contribution in [0.15, 0.2) is 66.7 Å². The Labute approximate surface area is 248 Å². The summed E-state index contributed by atoms with van der Waals surface area (Å²) in [5.41, 5.74) is 1.15. The van der Waals surface area contributed by atoms with Gasteiger partial charge in [0.15, 0.2) is 17.3 Å². The molecule has 1 aliphatic heterocycles. The van der Waals surface area contributed by atoms with Gasteiger partial charge >= 0.3 is 6.36 Å². The van der Waals surface area contributed by atoms with E-state index in [1.54, 1.807) is 18.2 Å². The van der Waals surface area contributed by atoms with Crippen molar-refractivity contribution < 1.29 is 41.4 Å². The van der Waals surface area contributed by atoms with Gasteiger partial charge in [-0.25, -0.2) is 4.39 Å². The van der Waals surface area contributed by atoms with Crippen molar-refractivity contribution in [3.05, 3.63) is 83.8 Å². The summed E-state index contributed by atoms with van der Waals surface area (Å²) in [6, 6.07) is 16.5. The second-order valence-corrected chi connectivity index (χ2v) is 10.8. The van der Waals surface area contributed by atoms with E-state index in [9.17, 15) is 31.9 Å². The molecule has 2 aliphatic rings. The Hall–Kier alpha value is -4.94. The highest BCUT2D eigenvalue weighted by atomic mass is 19.4. The molecule has 1 saturated carbocycles. The van der Waals surface area contributed by atoms with E-state index in [-0.39, 0.29) is 30.0 Å². The van der Waals surface area contributed by atoms with Gasteiger partial charge in [-0.2, -0.15) is 5.10 Å². The lowest BCUT2D eigenvalue weighted by atomic mass is 10.1. The maximum absolute atomic E-state index is 14.7. The number of likely N-dealkylation sites (tertiary alicyclic amines) is 1. The number of amides is 2. The Balaban J connectivity index is 1.19. The lowest BCUT2D eigenvalue weighted by Gasteiger charge is -2.27. The van der Waals surface area contributed by atoms with Crippen LogP contribution in [0.3, 0.4) is 0 Å². The van der Waals surface area contributed by atoms with E-state index in [1.165, 1.54) is 16.5 Å². The molecule has 2 amide bonds. The molecule has 228 valence electrons. The lowest BCUT2D eigenvalue weighted by Crippen LogP contribution is -2.46. The van der Waals surface area contributed by atoms with Gasteiger partial charge in [0.25, 0.3) is 0 Å². The van der Waals surface area contributed by atoms with Crippen molar-refractivity contribution >= 4 is 34.2 Å². The quantitative estimate of drug-likeness (QED) is 0.199. The monoisotopic (exact) mass is 610 g/mol. The summed E-state index contributed by atoms with van der Waals surface area (Å²) in [7, 11) is 0. The number of carbonyl (C=O) groups is 3. The molecule has 44 heavy (non-hydrogen) atoms. The maximum Gasteiger partial charge on any atom is 0.573 e. The lowest BCUT2D eigenvalue weighted by molar-refractivity contribution is -0.275. The van der Waals surface area contributed by atoms with Crippen LogP contribution in [0.4, 0.5) is 23.2 Å². The van der Waals surface area contributed by atoms with E-state index in [4.69, 9.17) is 4.74 Å². The van der Waals surface area contributed by atoms with Gasteiger partial charge in [-0.1, -0.05) is 36.4 Å². The standard InChI is InChI=1S/C31H26F4N4O5/c1-17(40)29-21-14-20(43-16-18-6-3-2-4-7-18)10-11-23(21)38(37-29)15-27(41)39-24-12-19(24)13-25(39)30(42)36-22-8-5-9-26(28(22)32)44-31(33,34)35/h2-11,14,19,24-25H,12-13,15-16H2,1H3,(H,36,42). The minimum atomic E-state index is -5.12. The van der Waals surface area contributed by atoms with Gasteiger partial charge in [0.1, 0.15) is 30.6 Å². The predicted octanol–water partition coefficient (Wildman–Crippen LogP) is 5.48. The summed E-state index contributed by atoms with van der Waals surface area (Å²) in [6.45, 7) is 1.41. The van der Waals surface area contributed by atoms with Crippen molar-refractivity contribution in [3.8, 4) is 11.5 Å². The molecule has 3 atom stereocenters. The second-order valence-electron chi connectivity index (χ2n) is 10.8. The summed E-state index contributed by atoms with van der Waals surface area (Å²) < 4.78 is 63.6. The molecule has 0 spiro atoms. The average molecular weight is 611 g/mol. The molecule has 3 unspecified atom stereocenters. The van der Waals surface area contributed by atoms with E-state index in [1.807, 2.05) is 30.3 Å². The number of nitrogens with one attached hydrogen (secondary N) is 1. The first-order valence-corrected chi connectivity index (χ1v) is 13.8. The van der Waals surface area contributed by atoms with Crippen molar-refractivity contribution in [2.45, 2.75) is 51.4 Å². The fourth-order valence-electron chi connectivity index (χ4n) is 5.66. The number of fused-ring (bicyclic) bond motifs is 2. The fraction of sp³-hybridized carbons (Fsp3) is 0.290. The molecule has 13 heteroatoms. The van der Waals surface area contributed by atoms with Crippen LogP contribution in [-0.4, -0.2) is 50.7 Å². The van der Waals surface area contributed by atoms with E-state index in [0.29, 0.717) is 36.1 Å². The van der Waals surface area contributed by atoms with E-state index < -0.39 is 41.5 Å². The number of hydrogen-bond acceptors (Lipinski definition) is 6. The number of Topliss-reactive ketones (excluding diaryl/α,β-unsaturated/α-hetero) is 1. The van der Waals surface area contributed by atoms with Crippen molar-refractivity contribution in [3.63, 3.8) is 0 Å². The Bertz CT molecular complexity index is 1760. The van der Waals surface area contributed by atoms with Gasteiger partial charge in [0.05, 0.1) is 11.2 Å². The molecule has 0 radical (unpaired) electrons. The van der Waals surface area contributed by atoms with Crippen LogP contribution >= 0.6 is 0 Å². The number of anilines is 1. The summed E-state index contributed by atoms with van der Waals surface area (Å²) in [6.07, 6.45) is -4.10. The number of carbonyl (C=O) groups excluding carboxylic acids is 3. The number of hydrogen-bond donors (Lipinski definition) is 1. The first-order chi connectivity index (χ1) is 21.0. The number of piperidine rings is 1. The molecule has 2 fully saturated rings. The predicted molar refractivity (Wildman–Crippen MR) is 149 cm³/mol. The third-order valence-corrected chi connectivity index (χ3v) is 7.73. The van der Waals surface area contributed by atoms with Crippen LogP contribution in [0.2, 0.25) is 0 Å². The molecule has 3 aromatic carbocycles. The minimum Gasteiger partial charge on any atom is -0.489 e. The third kappa shape index (κ3) is 5.94. The first kappa shape index (κ1) is 29.1. The molecular weight excluding hydrogens is 584 g/mol. The van der Waals surface area contributed by atoms with Crippen molar-refractivity contribution in [1.29, 1.82) is 0 Å². The maximum atomic E-state index is 14.7. The SMILES string of the molecule is CC(=O)c1nn(CC(=O)N2C(C(=O)Nc3cccc(OC(F)(F)F)c3F)CC3CC32)c2ccc(OCc3ccccc3)cc12. The molecule has 2 heterocycles. The third-order valence-electron chi connectivity index (χ3n) is 7.73. The highest BCUT2D eigenvalue weighted by Crippen LogP contribution is 2.48. The van der Waals surface area contributed by atoms with Crippen molar-refractivity contribution in [2.24, 2.45) is 5.92 Å². The number of ketones is 1. The molecule has 1 saturated heterocycles. The van der Waals surface area contributed by atoms with E-state index >= 15 is 0 Å². The van der Waals surface area contributed by atoms with Crippen LogP contribution in [0.1, 0.15) is 35.8 Å². The molecule has 1 N–H and O–H groups in total. The van der Waals surface area contributed by atoms with Gasteiger partial charge in [0, 0.05) is 18.4 Å². The second kappa shape index (κ2) is 11.3. The van der Waals surface area contributed by atoms with Gasteiger partial charge in [-0.3, -0.25) is 19.1 Å². The van der Waals surface area contributed by atoms with Crippen LogP contribution < -0.4 is 14.8 Å². The van der Waals surface area contributed by atoms with Crippen molar-refractivity contribution in [1.82, 2.24) is 14.7 Å². The van der Waals surface area contributed by atoms with Gasteiger partial charge in [-0.15, -0.1) is 13.2 Å². The van der Waals surface area contributed by atoms with Crippen LogP contribution in [0.5, 0.6) is 11.5 Å². The Kier molecular flexibility index (Phi) is 7.48. The zero-order valence-corrected chi connectivity index (χ0v) is 23.3. The average Bonchev–Trinajstić information content (AvgIpc) is 3.49. The highest BCUT2D eigenvalue weighted by Gasteiger charge is 2.56. The summed E-state index contributed by atoms with van der Waals surface area (Å²) >= 11 is 0. The molecule has 1 aromatic heterocycles. The number of benzene rings is 3. The van der Waals surface area contributed by atoms with Gasteiger partial charge in [0.2, 0.25) is 11.8 Å². The molecule has 1 aliphatic carbocycles.